The van der Waals surface area contributed by atoms with Crippen LogP contribution < -0.4 is 0 Å². The molecule has 1 aliphatic rings. The number of hydrogen-bond donors (Lipinski definition) is 3. The second kappa shape index (κ2) is 5.33. The molecule has 106 valence electrons. The quantitative estimate of drug-likeness (QED) is 0.732. The van der Waals surface area contributed by atoms with Gasteiger partial charge in [-0.15, -0.1) is 0 Å². The van der Waals surface area contributed by atoms with Crippen LogP contribution in [0.2, 0.25) is 0 Å². The predicted molar refractivity (Wildman–Crippen MR) is 67.3 cm³/mol. The summed E-state index contributed by atoms with van der Waals surface area (Å²) in [5.74, 6) is 0. The van der Waals surface area contributed by atoms with Crippen molar-refractivity contribution in [2.24, 2.45) is 0 Å². The van der Waals surface area contributed by atoms with Gasteiger partial charge in [0, 0.05) is 6.20 Å². The van der Waals surface area contributed by atoms with Crippen LogP contribution in [0.15, 0.2) is 12.3 Å². The Hall–Kier alpha value is -0.740. The van der Waals surface area contributed by atoms with Crippen LogP contribution in [0.5, 0.6) is 0 Å². The van der Waals surface area contributed by atoms with Crippen LogP contribution in [-0.4, -0.2) is 50.9 Å². The number of rotatable bonds is 3. The molecule has 0 saturated carbocycles. The van der Waals surface area contributed by atoms with E-state index in [2.05, 4.69) is 4.98 Å². The molecule has 5 nitrogen and oxygen atoms in total. The highest BCUT2D eigenvalue weighted by Gasteiger charge is 2.58. The van der Waals surface area contributed by atoms with Crippen molar-refractivity contribution >= 4 is 24.4 Å². The standard InChI is InChI=1S/C10H12F2N2O3S2/c11-4-10(12)7(16)5(3-15)17-8(10)14-2-1-6(18)13-9(14)19/h1-2,5,7-8,15-16H,3-4H2,(H,13,18,19)/t5-,7+,8-,10?/m1/s1. The summed E-state index contributed by atoms with van der Waals surface area (Å²) in [4.78, 5) is 2.60. The average Bonchev–Trinajstić information content (AvgIpc) is 2.63. The molecule has 19 heavy (non-hydrogen) atoms. The highest BCUT2D eigenvalue weighted by Crippen LogP contribution is 2.41. The Morgan fingerprint density at radius 1 is 1.53 bits per heavy atom. The molecule has 1 fully saturated rings. The second-order valence-electron chi connectivity index (χ2n) is 4.23. The van der Waals surface area contributed by atoms with E-state index >= 15 is 0 Å². The zero-order chi connectivity index (χ0) is 14.2. The number of ether oxygens (including phenoxy) is 1. The van der Waals surface area contributed by atoms with Gasteiger partial charge < -0.3 is 19.9 Å². The number of nitrogens with zero attached hydrogens (tertiary/aromatic N) is 1. The number of hydrogen-bond acceptors (Lipinski definition) is 5. The van der Waals surface area contributed by atoms with Crippen molar-refractivity contribution in [3.8, 4) is 0 Å². The largest absolute Gasteiger partial charge is 0.394 e. The molecular weight excluding hydrogens is 298 g/mol. The van der Waals surface area contributed by atoms with Gasteiger partial charge >= 0.3 is 0 Å². The van der Waals surface area contributed by atoms with E-state index in [1.54, 1.807) is 0 Å². The number of nitrogens with one attached hydrogen (secondary N) is 1. The fourth-order valence-electron chi connectivity index (χ4n) is 2.00. The molecule has 1 aliphatic heterocycles. The summed E-state index contributed by atoms with van der Waals surface area (Å²) in [7, 11) is 0. The molecule has 9 heteroatoms. The maximum atomic E-state index is 14.5. The van der Waals surface area contributed by atoms with Gasteiger partial charge in [-0.1, -0.05) is 12.2 Å². The molecule has 1 aromatic rings. The van der Waals surface area contributed by atoms with Gasteiger partial charge in [-0.25, -0.2) is 8.78 Å². The van der Waals surface area contributed by atoms with Crippen LogP contribution in [-0.2, 0) is 4.74 Å². The van der Waals surface area contributed by atoms with Gasteiger partial charge in [-0.05, 0) is 18.3 Å². The lowest BCUT2D eigenvalue weighted by Crippen LogP contribution is -2.45. The first-order valence-electron chi connectivity index (χ1n) is 5.44. The first kappa shape index (κ1) is 14.7. The first-order valence-corrected chi connectivity index (χ1v) is 6.26. The average molecular weight is 310 g/mol. The number of aromatic amines is 1. The van der Waals surface area contributed by atoms with Gasteiger partial charge in [0.25, 0.3) is 0 Å². The van der Waals surface area contributed by atoms with Crippen LogP contribution >= 0.6 is 24.4 Å². The lowest BCUT2D eigenvalue weighted by Gasteiger charge is -2.26. The minimum absolute atomic E-state index is 0.0405. The molecule has 1 aromatic heterocycles. The third-order valence-corrected chi connectivity index (χ3v) is 3.60. The highest BCUT2D eigenvalue weighted by atomic mass is 32.1. The van der Waals surface area contributed by atoms with Crippen LogP contribution in [0.4, 0.5) is 8.78 Å². The summed E-state index contributed by atoms with van der Waals surface area (Å²) in [6.07, 6.45) is -3.11. The molecule has 2 rings (SSSR count). The number of aliphatic hydroxyl groups excluding tert-OH is 2. The van der Waals surface area contributed by atoms with Crippen molar-refractivity contribution in [1.29, 1.82) is 0 Å². The molecule has 0 aromatic carbocycles. The van der Waals surface area contributed by atoms with E-state index in [9.17, 15) is 13.9 Å². The monoisotopic (exact) mass is 310 g/mol. The van der Waals surface area contributed by atoms with Crippen molar-refractivity contribution in [1.82, 2.24) is 9.55 Å². The molecule has 0 bridgehead atoms. The van der Waals surface area contributed by atoms with E-state index in [4.69, 9.17) is 34.3 Å². The van der Waals surface area contributed by atoms with Crippen molar-refractivity contribution in [2.45, 2.75) is 24.1 Å². The van der Waals surface area contributed by atoms with E-state index in [0.29, 0.717) is 4.64 Å². The molecule has 3 N–H and O–H groups in total. The third-order valence-electron chi connectivity index (χ3n) is 3.05. The van der Waals surface area contributed by atoms with Crippen LogP contribution in [0, 0.1) is 9.41 Å². The normalized spacial score (nSPS) is 34.6. The van der Waals surface area contributed by atoms with Crippen LogP contribution in [0.25, 0.3) is 0 Å². The summed E-state index contributed by atoms with van der Waals surface area (Å²) < 4.78 is 34.2. The summed E-state index contributed by atoms with van der Waals surface area (Å²) in [6.45, 7) is -2.09. The highest BCUT2D eigenvalue weighted by molar-refractivity contribution is 7.72. The number of halogens is 2. The third kappa shape index (κ3) is 2.36. The Morgan fingerprint density at radius 2 is 2.21 bits per heavy atom. The Balaban J connectivity index is 2.48. The Kier molecular flexibility index (Phi) is 4.11. The lowest BCUT2D eigenvalue weighted by molar-refractivity contribution is -0.0724. The van der Waals surface area contributed by atoms with Gasteiger partial charge in [0.15, 0.2) is 11.0 Å². The molecular formula is C10H12F2N2O3S2. The van der Waals surface area contributed by atoms with Gasteiger partial charge in [-0.3, -0.25) is 4.57 Å². The van der Waals surface area contributed by atoms with E-state index in [1.165, 1.54) is 12.3 Å². The zero-order valence-corrected chi connectivity index (χ0v) is 11.3. The predicted octanol–water partition coefficient (Wildman–Crippen LogP) is 1.20. The molecule has 4 atom stereocenters. The van der Waals surface area contributed by atoms with Gasteiger partial charge in [0.05, 0.1) is 6.61 Å². The first-order chi connectivity index (χ1) is 8.93. The van der Waals surface area contributed by atoms with E-state index in [-0.39, 0.29) is 4.77 Å². The maximum absolute atomic E-state index is 14.5. The number of aliphatic hydroxyl groups is 2. The molecule has 0 spiro atoms. The minimum Gasteiger partial charge on any atom is -0.394 e. The number of aromatic nitrogens is 2. The fourth-order valence-corrected chi connectivity index (χ4v) is 2.49. The number of H-pyrrole nitrogens is 1. The van der Waals surface area contributed by atoms with E-state index in [1.807, 2.05) is 0 Å². The molecule has 0 radical (unpaired) electrons. The van der Waals surface area contributed by atoms with Gasteiger partial charge in [-0.2, -0.15) is 0 Å². The van der Waals surface area contributed by atoms with Gasteiger partial charge in [0.1, 0.15) is 23.5 Å². The fraction of sp³-hybridized carbons (Fsp3) is 0.600. The van der Waals surface area contributed by atoms with Crippen molar-refractivity contribution in [2.75, 3.05) is 13.3 Å². The Morgan fingerprint density at radius 3 is 2.74 bits per heavy atom. The zero-order valence-electron chi connectivity index (χ0n) is 9.62. The topological polar surface area (TPSA) is 70.4 Å². The second-order valence-corrected chi connectivity index (χ2v) is 5.06. The summed E-state index contributed by atoms with van der Waals surface area (Å²) >= 11 is 9.82. The van der Waals surface area contributed by atoms with Crippen molar-refractivity contribution in [3.63, 3.8) is 0 Å². The van der Waals surface area contributed by atoms with Crippen molar-refractivity contribution in [3.05, 3.63) is 21.7 Å². The molecule has 0 amide bonds. The molecule has 0 aliphatic carbocycles. The summed E-state index contributed by atoms with van der Waals surface area (Å²) in [5, 5.41) is 18.7. The molecule has 1 saturated heterocycles. The smallest absolute Gasteiger partial charge is 0.212 e. The Bertz CT molecular complexity index is 578. The number of alkyl halides is 2. The van der Waals surface area contributed by atoms with Crippen molar-refractivity contribution < 1.29 is 23.7 Å². The summed E-state index contributed by atoms with van der Waals surface area (Å²) in [5.41, 5.74) is -2.68. The van der Waals surface area contributed by atoms with E-state index in [0.717, 1.165) is 4.57 Å². The Labute approximate surface area is 117 Å². The SMILES string of the molecule is OC[C@H]1O[C@@H](n2ccc(=S)[nH]c2=S)C(F)(CF)[C@H]1O. The minimum atomic E-state index is -2.68. The van der Waals surface area contributed by atoms with E-state index < -0.39 is 37.4 Å². The summed E-state index contributed by atoms with van der Waals surface area (Å²) in [6, 6.07) is 1.44. The molecule has 1 unspecified atom stereocenters. The molecule has 2 heterocycles. The lowest BCUT2D eigenvalue weighted by atomic mass is 9.97. The van der Waals surface area contributed by atoms with Gasteiger partial charge in [0.2, 0.25) is 5.67 Å². The van der Waals surface area contributed by atoms with Crippen LogP contribution in [0.3, 0.4) is 0 Å². The van der Waals surface area contributed by atoms with Crippen LogP contribution in [0.1, 0.15) is 6.23 Å². The maximum Gasteiger partial charge on any atom is 0.212 e.